The second-order valence-corrected chi connectivity index (χ2v) is 4.48. The first-order valence-electron chi connectivity index (χ1n) is 5.94. The SMILES string of the molecule is COC[C@H](C)N(C(=O)c1ccccc1)C(C)C. The van der Waals surface area contributed by atoms with Crippen molar-refractivity contribution in [1.29, 1.82) is 0 Å². The van der Waals surface area contributed by atoms with E-state index in [4.69, 9.17) is 4.74 Å². The first kappa shape index (κ1) is 13.7. The molecule has 1 aromatic carbocycles. The van der Waals surface area contributed by atoms with Crippen LogP contribution in [0.2, 0.25) is 0 Å². The average molecular weight is 235 g/mol. The molecule has 0 saturated heterocycles. The molecule has 0 saturated carbocycles. The minimum atomic E-state index is 0.0603. The predicted molar refractivity (Wildman–Crippen MR) is 69.1 cm³/mol. The van der Waals surface area contributed by atoms with Gasteiger partial charge in [0.05, 0.1) is 12.6 Å². The van der Waals surface area contributed by atoms with E-state index in [0.29, 0.717) is 6.61 Å². The van der Waals surface area contributed by atoms with Gasteiger partial charge >= 0.3 is 0 Å². The van der Waals surface area contributed by atoms with Crippen LogP contribution < -0.4 is 0 Å². The van der Waals surface area contributed by atoms with Gasteiger partial charge in [0.1, 0.15) is 0 Å². The molecule has 1 amide bonds. The Hall–Kier alpha value is -1.35. The van der Waals surface area contributed by atoms with E-state index in [2.05, 4.69) is 0 Å². The van der Waals surface area contributed by atoms with Gasteiger partial charge in [-0.1, -0.05) is 18.2 Å². The molecule has 3 nitrogen and oxygen atoms in total. The van der Waals surface area contributed by atoms with Crippen LogP contribution in [0.5, 0.6) is 0 Å². The highest BCUT2D eigenvalue weighted by Crippen LogP contribution is 2.12. The molecule has 0 aliphatic rings. The van der Waals surface area contributed by atoms with Gasteiger partial charge < -0.3 is 9.64 Å². The highest BCUT2D eigenvalue weighted by Gasteiger charge is 2.23. The number of methoxy groups -OCH3 is 1. The summed E-state index contributed by atoms with van der Waals surface area (Å²) < 4.78 is 5.13. The predicted octanol–water partition coefficient (Wildman–Crippen LogP) is 2.57. The zero-order chi connectivity index (χ0) is 12.8. The molecule has 0 aliphatic carbocycles. The van der Waals surface area contributed by atoms with Crippen LogP contribution in [0.1, 0.15) is 31.1 Å². The highest BCUT2D eigenvalue weighted by atomic mass is 16.5. The fourth-order valence-corrected chi connectivity index (χ4v) is 1.99. The van der Waals surface area contributed by atoms with Crippen molar-refractivity contribution < 1.29 is 9.53 Å². The fourth-order valence-electron chi connectivity index (χ4n) is 1.99. The molecule has 0 spiro atoms. The molecule has 1 aromatic rings. The summed E-state index contributed by atoms with van der Waals surface area (Å²) in [4.78, 5) is 14.2. The third kappa shape index (κ3) is 3.56. The van der Waals surface area contributed by atoms with Crippen molar-refractivity contribution in [3.8, 4) is 0 Å². The minimum Gasteiger partial charge on any atom is -0.383 e. The van der Waals surface area contributed by atoms with Gasteiger partial charge in [-0.15, -0.1) is 0 Å². The van der Waals surface area contributed by atoms with Crippen LogP contribution in [0.15, 0.2) is 30.3 Å². The molecular formula is C14H21NO2. The molecule has 0 bridgehead atoms. The quantitative estimate of drug-likeness (QED) is 0.785. The molecule has 0 aromatic heterocycles. The van der Waals surface area contributed by atoms with E-state index in [1.807, 2.05) is 56.0 Å². The van der Waals surface area contributed by atoms with Crippen LogP contribution >= 0.6 is 0 Å². The van der Waals surface area contributed by atoms with Crippen LogP contribution in [0.3, 0.4) is 0 Å². The van der Waals surface area contributed by atoms with Crippen molar-refractivity contribution in [2.24, 2.45) is 0 Å². The number of hydrogen-bond donors (Lipinski definition) is 0. The summed E-state index contributed by atoms with van der Waals surface area (Å²) in [6.07, 6.45) is 0. The van der Waals surface area contributed by atoms with Crippen LogP contribution in [0.4, 0.5) is 0 Å². The second kappa shape index (κ2) is 6.40. The summed E-state index contributed by atoms with van der Waals surface area (Å²) in [6, 6.07) is 9.60. The number of benzene rings is 1. The summed E-state index contributed by atoms with van der Waals surface area (Å²) in [6.45, 7) is 6.60. The lowest BCUT2D eigenvalue weighted by atomic mass is 10.1. The molecule has 0 heterocycles. The molecule has 94 valence electrons. The van der Waals surface area contributed by atoms with E-state index in [1.165, 1.54) is 0 Å². The second-order valence-electron chi connectivity index (χ2n) is 4.48. The number of hydrogen-bond acceptors (Lipinski definition) is 2. The van der Waals surface area contributed by atoms with Gasteiger partial charge in [-0.25, -0.2) is 0 Å². The summed E-state index contributed by atoms with van der Waals surface area (Å²) in [7, 11) is 1.65. The van der Waals surface area contributed by atoms with E-state index >= 15 is 0 Å². The third-order valence-electron chi connectivity index (χ3n) is 2.69. The molecule has 0 fully saturated rings. The van der Waals surface area contributed by atoms with E-state index in [1.54, 1.807) is 7.11 Å². The zero-order valence-electron chi connectivity index (χ0n) is 11.0. The van der Waals surface area contributed by atoms with Gasteiger partial charge in [-0.05, 0) is 32.9 Å². The molecule has 0 N–H and O–H groups in total. The molecule has 17 heavy (non-hydrogen) atoms. The molecule has 0 unspecified atom stereocenters. The first-order chi connectivity index (χ1) is 8.07. The highest BCUT2D eigenvalue weighted by molar-refractivity contribution is 5.94. The van der Waals surface area contributed by atoms with Crippen LogP contribution in [-0.4, -0.2) is 36.6 Å². The lowest BCUT2D eigenvalue weighted by molar-refractivity contribution is 0.0478. The Labute approximate surface area is 103 Å². The van der Waals surface area contributed by atoms with Crippen molar-refractivity contribution in [3.05, 3.63) is 35.9 Å². The third-order valence-corrected chi connectivity index (χ3v) is 2.69. The molecule has 1 rings (SSSR count). The summed E-state index contributed by atoms with van der Waals surface area (Å²) in [5.74, 6) is 0.0603. The molecule has 1 atom stereocenters. The van der Waals surface area contributed by atoms with Crippen LogP contribution in [0, 0.1) is 0 Å². The van der Waals surface area contributed by atoms with Crippen molar-refractivity contribution in [1.82, 2.24) is 4.90 Å². The zero-order valence-corrected chi connectivity index (χ0v) is 11.0. The normalized spacial score (nSPS) is 12.5. The number of ether oxygens (including phenoxy) is 1. The maximum atomic E-state index is 12.4. The van der Waals surface area contributed by atoms with Gasteiger partial charge in [-0.3, -0.25) is 4.79 Å². The number of carbonyl (C=O) groups excluding carboxylic acids is 1. The maximum Gasteiger partial charge on any atom is 0.254 e. The number of nitrogens with zero attached hydrogens (tertiary/aromatic N) is 1. The van der Waals surface area contributed by atoms with E-state index in [0.717, 1.165) is 5.56 Å². The first-order valence-corrected chi connectivity index (χ1v) is 5.94. The maximum absolute atomic E-state index is 12.4. The number of rotatable bonds is 5. The molecule has 0 radical (unpaired) electrons. The fraction of sp³-hybridized carbons (Fsp3) is 0.500. The molecule has 3 heteroatoms. The Morgan fingerprint density at radius 2 is 1.82 bits per heavy atom. The lowest BCUT2D eigenvalue weighted by Gasteiger charge is -2.32. The summed E-state index contributed by atoms with van der Waals surface area (Å²) in [5.41, 5.74) is 0.726. The molecule has 0 aliphatic heterocycles. The van der Waals surface area contributed by atoms with Crippen molar-refractivity contribution in [3.63, 3.8) is 0 Å². The van der Waals surface area contributed by atoms with Crippen LogP contribution in [0.25, 0.3) is 0 Å². The Morgan fingerprint density at radius 1 is 1.24 bits per heavy atom. The van der Waals surface area contributed by atoms with E-state index in [-0.39, 0.29) is 18.0 Å². The Kier molecular flexibility index (Phi) is 5.16. The average Bonchev–Trinajstić information content (AvgIpc) is 2.30. The number of amides is 1. The monoisotopic (exact) mass is 235 g/mol. The molecular weight excluding hydrogens is 214 g/mol. The summed E-state index contributed by atoms with van der Waals surface area (Å²) in [5, 5.41) is 0. The lowest BCUT2D eigenvalue weighted by Crippen LogP contribution is -2.45. The van der Waals surface area contributed by atoms with E-state index < -0.39 is 0 Å². The van der Waals surface area contributed by atoms with Gasteiger partial charge in [0.25, 0.3) is 5.91 Å². The van der Waals surface area contributed by atoms with Crippen molar-refractivity contribution in [2.75, 3.05) is 13.7 Å². The van der Waals surface area contributed by atoms with Crippen molar-refractivity contribution >= 4 is 5.91 Å². The topological polar surface area (TPSA) is 29.5 Å². The smallest absolute Gasteiger partial charge is 0.254 e. The van der Waals surface area contributed by atoms with Gasteiger partial charge in [-0.2, -0.15) is 0 Å². The van der Waals surface area contributed by atoms with E-state index in [9.17, 15) is 4.79 Å². The largest absolute Gasteiger partial charge is 0.383 e. The van der Waals surface area contributed by atoms with Gasteiger partial charge in [0.15, 0.2) is 0 Å². The van der Waals surface area contributed by atoms with Crippen molar-refractivity contribution in [2.45, 2.75) is 32.9 Å². The van der Waals surface area contributed by atoms with Gasteiger partial charge in [0, 0.05) is 18.7 Å². The Morgan fingerprint density at radius 3 is 2.29 bits per heavy atom. The van der Waals surface area contributed by atoms with Gasteiger partial charge in [0.2, 0.25) is 0 Å². The van der Waals surface area contributed by atoms with Crippen LogP contribution in [-0.2, 0) is 4.74 Å². The number of carbonyl (C=O) groups is 1. The Bertz CT molecular complexity index is 348. The standard InChI is InChI=1S/C14H21NO2/c1-11(2)15(12(3)10-17-4)14(16)13-8-6-5-7-9-13/h5-9,11-12H,10H2,1-4H3/t12-/m0/s1. The summed E-state index contributed by atoms with van der Waals surface area (Å²) >= 11 is 0. The Balaban J connectivity index is 2.88. The minimum absolute atomic E-state index is 0.0603.